The van der Waals surface area contributed by atoms with E-state index >= 15 is 0 Å². The zero-order valence-electron chi connectivity index (χ0n) is 12.3. The quantitative estimate of drug-likeness (QED) is 0.738. The van der Waals surface area contributed by atoms with Crippen LogP contribution in [0.15, 0.2) is 0 Å². The van der Waals surface area contributed by atoms with Gasteiger partial charge in [-0.05, 0) is 18.4 Å². The van der Waals surface area contributed by atoms with Crippen LogP contribution in [-0.4, -0.2) is 48.1 Å². The molecule has 2 nitrogen and oxygen atoms in total. The SMILES string of the molecule is CCCNCC(C)(C)CN1CC(C)SC(C)C1. The van der Waals surface area contributed by atoms with E-state index in [1.165, 1.54) is 26.1 Å². The van der Waals surface area contributed by atoms with Crippen LogP contribution in [0.3, 0.4) is 0 Å². The molecule has 1 heterocycles. The Labute approximate surface area is 112 Å². The molecule has 0 aromatic carbocycles. The maximum atomic E-state index is 3.56. The van der Waals surface area contributed by atoms with Gasteiger partial charge in [-0.1, -0.05) is 34.6 Å². The largest absolute Gasteiger partial charge is 0.316 e. The average Bonchev–Trinajstić information content (AvgIpc) is 2.14. The number of hydrogen-bond acceptors (Lipinski definition) is 3. The van der Waals surface area contributed by atoms with Gasteiger partial charge in [0.15, 0.2) is 0 Å². The van der Waals surface area contributed by atoms with E-state index in [1.54, 1.807) is 0 Å². The minimum Gasteiger partial charge on any atom is -0.316 e. The first-order chi connectivity index (χ1) is 7.93. The Morgan fingerprint density at radius 1 is 1.24 bits per heavy atom. The van der Waals surface area contributed by atoms with Gasteiger partial charge in [-0.3, -0.25) is 0 Å². The van der Waals surface area contributed by atoms with E-state index in [9.17, 15) is 0 Å². The second-order valence-corrected chi connectivity index (χ2v) is 8.17. The lowest BCUT2D eigenvalue weighted by Gasteiger charge is -2.39. The molecule has 0 aliphatic carbocycles. The molecule has 17 heavy (non-hydrogen) atoms. The number of rotatable bonds is 6. The average molecular weight is 258 g/mol. The lowest BCUT2D eigenvalue weighted by atomic mass is 9.92. The summed E-state index contributed by atoms with van der Waals surface area (Å²) in [6, 6.07) is 0. The van der Waals surface area contributed by atoms with E-state index < -0.39 is 0 Å². The summed E-state index contributed by atoms with van der Waals surface area (Å²) in [6.07, 6.45) is 1.23. The lowest BCUT2D eigenvalue weighted by molar-refractivity contribution is 0.173. The predicted octanol–water partition coefficient (Wildman–Crippen LogP) is 2.84. The van der Waals surface area contributed by atoms with Crippen molar-refractivity contribution >= 4 is 11.8 Å². The Kier molecular flexibility index (Phi) is 6.32. The topological polar surface area (TPSA) is 15.3 Å². The highest BCUT2D eigenvalue weighted by Crippen LogP contribution is 2.27. The van der Waals surface area contributed by atoms with Gasteiger partial charge in [0.05, 0.1) is 0 Å². The Morgan fingerprint density at radius 3 is 2.35 bits per heavy atom. The molecule has 0 saturated carbocycles. The van der Waals surface area contributed by atoms with Crippen molar-refractivity contribution in [2.45, 2.75) is 51.5 Å². The third-order valence-electron chi connectivity index (χ3n) is 3.18. The summed E-state index contributed by atoms with van der Waals surface area (Å²) < 4.78 is 0. The first-order valence-corrected chi connectivity index (χ1v) is 7.96. The first-order valence-electron chi connectivity index (χ1n) is 7.01. The van der Waals surface area contributed by atoms with Gasteiger partial charge in [-0.2, -0.15) is 11.8 Å². The van der Waals surface area contributed by atoms with Crippen molar-refractivity contribution in [1.82, 2.24) is 10.2 Å². The molecule has 0 spiro atoms. The fourth-order valence-corrected chi connectivity index (χ4v) is 4.07. The van der Waals surface area contributed by atoms with Crippen LogP contribution in [0.4, 0.5) is 0 Å². The highest BCUT2D eigenvalue weighted by Gasteiger charge is 2.27. The van der Waals surface area contributed by atoms with Crippen molar-refractivity contribution < 1.29 is 0 Å². The summed E-state index contributed by atoms with van der Waals surface area (Å²) in [7, 11) is 0. The van der Waals surface area contributed by atoms with E-state index in [1.807, 2.05) is 0 Å². The van der Waals surface area contributed by atoms with E-state index in [2.05, 4.69) is 56.6 Å². The standard InChI is InChI=1S/C14H30N2S/c1-6-7-15-10-14(4,5)11-16-8-12(2)17-13(3)9-16/h12-13,15H,6-11H2,1-5H3. The normalized spacial score (nSPS) is 27.4. The second-order valence-electron chi connectivity index (χ2n) is 6.29. The smallest absolute Gasteiger partial charge is 0.0149 e. The van der Waals surface area contributed by atoms with Gasteiger partial charge in [-0.25, -0.2) is 0 Å². The van der Waals surface area contributed by atoms with Crippen LogP contribution in [-0.2, 0) is 0 Å². The van der Waals surface area contributed by atoms with Crippen molar-refractivity contribution in [3.63, 3.8) is 0 Å². The van der Waals surface area contributed by atoms with Gasteiger partial charge in [0.25, 0.3) is 0 Å². The van der Waals surface area contributed by atoms with Gasteiger partial charge >= 0.3 is 0 Å². The molecule has 0 radical (unpaired) electrons. The molecule has 1 rings (SSSR count). The van der Waals surface area contributed by atoms with Crippen molar-refractivity contribution in [2.24, 2.45) is 5.41 Å². The molecule has 0 amide bonds. The van der Waals surface area contributed by atoms with E-state index in [0.717, 1.165) is 23.6 Å². The molecule has 2 atom stereocenters. The van der Waals surface area contributed by atoms with Crippen LogP contribution < -0.4 is 5.32 Å². The summed E-state index contributed by atoms with van der Waals surface area (Å²) in [4.78, 5) is 2.65. The molecule has 3 heteroatoms. The molecule has 2 unspecified atom stereocenters. The molecule has 0 aromatic heterocycles. The van der Waals surface area contributed by atoms with Gasteiger partial charge < -0.3 is 10.2 Å². The van der Waals surface area contributed by atoms with Crippen LogP contribution in [0, 0.1) is 5.41 Å². The molecule has 102 valence electrons. The van der Waals surface area contributed by atoms with Crippen molar-refractivity contribution in [2.75, 3.05) is 32.7 Å². The molecule has 0 bridgehead atoms. The fourth-order valence-electron chi connectivity index (χ4n) is 2.68. The zero-order valence-corrected chi connectivity index (χ0v) is 13.1. The maximum absolute atomic E-state index is 3.56. The summed E-state index contributed by atoms with van der Waals surface area (Å²) in [6.45, 7) is 17.7. The molecule has 1 N–H and O–H groups in total. The molecular formula is C14H30N2S. The minimum absolute atomic E-state index is 0.386. The third-order valence-corrected chi connectivity index (χ3v) is 4.40. The van der Waals surface area contributed by atoms with Crippen LogP contribution in [0.1, 0.15) is 41.0 Å². The van der Waals surface area contributed by atoms with Gasteiger partial charge in [0.1, 0.15) is 0 Å². The van der Waals surface area contributed by atoms with Crippen molar-refractivity contribution in [3.8, 4) is 0 Å². The minimum atomic E-state index is 0.386. The second kappa shape index (κ2) is 7.01. The lowest BCUT2D eigenvalue weighted by Crippen LogP contribution is -2.47. The highest BCUT2D eigenvalue weighted by atomic mass is 32.2. The summed E-state index contributed by atoms with van der Waals surface area (Å²) in [5, 5.41) is 5.14. The molecule has 0 aromatic rings. The summed E-state index contributed by atoms with van der Waals surface area (Å²) in [5.41, 5.74) is 0.386. The van der Waals surface area contributed by atoms with Crippen molar-refractivity contribution in [3.05, 3.63) is 0 Å². The summed E-state index contributed by atoms with van der Waals surface area (Å²) in [5.74, 6) is 0. The molecule has 1 fully saturated rings. The Hall–Kier alpha value is 0.270. The van der Waals surface area contributed by atoms with E-state index in [4.69, 9.17) is 0 Å². The number of nitrogens with zero attached hydrogens (tertiary/aromatic N) is 1. The Morgan fingerprint density at radius 2 is 1.82 bits per heavy atom. The molecule has 1 aliphatic rings. The molecule has 1 aliphatic heterocycles. The van der Waals surface area contributed by atoms with Crippen LogP contribution in [0.2, 0.25) is 0 Å². The number of hydrogen-bond donors (Lipinski definition) is 1. The Balaban J connectivity index is 2.35. The Bertz CT molecular complexity index is 208. The maximum Gasteiger partial charge on any atom is 0.0149 e. The van der Waals surface area contributed by atoms with Crippen LogP contribution in [0.25, 0.3) is 0 Å². The van der Waals surface area contributed by atoms with Crippen LogP contribution in [0.5, 0.6) is 0 Å². The first kappa shape index (κ1) is 15.3. The fraction of sp³-hybridized carbons (Fsp3) is 1.00. The van der Waals surface area contributed by atoms with Gasteiger partial charge in [-0.15, -0.1) is 0 Å². The number of nitrogens with one attached hydrogen (secondary N) is 1. The van der Waals surface area contributed by atoms with Gasteiger partial charge in [0.2, 0.25) is 0 Å². The summed E-state index contributed by atoms with van der Waals surface area (Å²) >= 11 is 2.14. The van der Waals surface area contributed by atoms with Gasteiger partial charge in [0, 0.05) is 36.7 Å². The number of thioether (sulfide) groups is 1. The van der Waals surface area contributed by atoms with Crippen molar-refractivity contribution in [1.29, 1.82) is 0 Å². The predicted molar refractivity (Wildman–Crippen MR) is 79.9 cm³/mol. The van der Waals surface area contributed by atoms with Crippen LogP contribution >= 0.6 is 11.8 Å². The van der Waals surface area contributed by atoms with E-state index in [0.29, 0.717) is 5.41 Å². The zero-order chi connectivity index (χ0) is 12.9. The molecule has 1 saturated heterocycles. The van der Waals surface area contributed by atoms with E-state index in [-0.39, 0.29) is 0 Å². The molecular weight excluding hydrogens is 228 g/mol. The monoisotopic (exact) mass is 258 g/mol. The highest BCUT2D eigenvalue weighted by molar-refractivity contribution is 8.00. The third kappa shape index (κ3) is 6.12.